The lowest BCUT2D eigenvalue weighted by Crippen LogP contribution is -2.04. The number of ether oxygens (including phenoxy) is 1. The van der Waals surface area contributed by atoms with Crippen molar-refractivity contribution in [2.75, 3.05) is 12.9 Å². The second-order valence-corrected chi connectivity index (χ2v) is 9.46. The van der Waals surface area contributed by atoms with E-state index in [0.29, 0.717) is 28.8 Å². The Morgan fingerprint density at radius 1 is 1.03 bits per heavy atom. The third kappa shape index (κ3) is 5.19. The summed E-state index contributed by atoms with van der Waals surface area (Å²) >= 11 is 6.04. The summed E-state index contributed by atoms with van der Waals surface area (Å²) in [6.07, 6.45) is 3.05. The highest BCUT2D eigenvalue weighted by Gasteiger charge is 2.17. The van der Waals surface area contributed by atoms with E-state index in [1.165, 1.54) is 6.26 Å². The largest absolute Gasteiger partial charge is 0.477 e. The van der Waals surface area contributed by atoms with Crippen LogP contribution in [0.3, 0.4) is 0 Å². The standard InChI is InChI=1S/C23H24ClNO4S/c1-3-4-13-29-23-18(15-26)14-21(16-7-11-20(12-8-16)30(2,27)28)22(25-23)17-5-9-19(24)10-6-17/h5-12,14,26H,3-4,13,15H2,1-2H3. The first-order valence-electron chi connectivity index (χ1n) is 9.67. The van der Waals surface area contributed by atoms with E-state index in [1.807, 2.05) is 18.2 Å². The molecule has 1 N–H and O–H groups in total. The van der Waals surface area contributed by atoms with Crippen LogP contribution in [-0.4, -0.2) is 31.4 Å². The first-order valence-corrected chi connectivity index (χ1v) is 11.9. The minimum atomic E-state index is -3.29. The number of hydrogen-bond donors (Lipinski definition) is 1. The van der Waals surface area contributed by atoms with E-state index >= 15 is 0 Å². The van der Waals surface area contributed by atoms with Gasteiger partial charge in [-0.3, -0.25) is 0 Å². The molecule has 2 aromatic carbocycles. The number of aliphatic hydroxyl groups excluding tert-OH is 1. The smallest absolute Gasteiger partial charge is 0.219 e. The fraction of sp³-hybridized carbons (Fsp3) is 0.261. The van der Waals surface area contributed by atoms with Gasteiger partial charge in [-0.05, 0) is 42.3 Å². The Balaban J connectivity index is 2.15. The number of unbranched alkanes of at least 4 members (excludes halogenated alkanes) is 1. The van der Waals surface area contributed by atoms with Crippen LogP contribution in [0, 0.1) is 0 Å². The summed E-state index contributed by atoms with van der Waals surface area (Å²) in [5, 5.41) is 10.5. The summed E-state index contributed by atoms with van der Waals surface area (Å²) in [4.78, 5) is 4.96. The van der Waals surface area contributed by atoms with Gasteiger partial charge < -0.3 is 9.84 Å². The third-order valence-electron chi connectivity index (χ3n) is 4.68. The molecule has 1 heterocycles. The van der Waals surface area contributed by atoms with Crippen LogP contribution in [0.4, 0.5) is 0 Å². The van der Waals surface area contributed by atoms with E-state index in [-0.39, 0.29) is 11.5 Å². The number of rotatable bonds is 8. The summed E-state index contributed by atoms with van der Waals surface area (Å²) in [6, 6.07) is 15.8. The normalized spacial score (nSPS) is 11.5. The van der Waals surface area contributed by atoms with Crippen molar-refractivity contribution >= 4 is 21.4 Å². The van der Waals surface area contributed by atoms with Crippen LogP contribution in [0.25, 0.3) is 22.4 Å². The molecule has 0 aliphatic carbocycles. The molecule has 3 rings (SSSR count). The van der Waals surface area contributed by atoms with E-state index < -0.39 is 9.84 Å². The number of benzene rings is 2. The number of sulfone groups is 1. The van der Waals surface area contributed by atoms with Gasteiger partial charge in [0.15, 0.2) is 9.84 Å². The Morgan fingerprint density at radius 2 is 1.67 bits per heavy atom. The van der Waals surface area contributed by atoms with Crippen LogP contribution >= 0.6 is 11.6 Å². The molecule has 1 aromatic heterocycles. The van der Waals surface area contributed by atoms with Crippen LogP contribution in [0.2, 0.25) is 5.02 Å². The summed E-state index contributed by atoms with van der Waals surface area (Å²) in [6.45, 7) is 2.37. The lowest BCUT2D eigenvalue weighted by Gasteiger charge is -2.16. The SMILES string of the molecule is CCCCOc1nc(-c2ccc(Cl)cc2)c(-c2ccc(S(C)(=O)=O)cc2)cc1CO. The molecule has 5 nitrogen and oxygen atoms in total. The predicted octanol–water partition coefficient (Wildman–Crippen LogP) is 5.14. The molecule has 0 aliphatic heterocycles. The van der Waals surface area contributed by atoms with E-state index in [9.17, 15) is 13.5 Å². The van der Waals surface area contributed by atoms with Gasteiger partial charge in [0, 0.05) is 28.0 Å². The van der Waals surface area contributed by atoms with Crippen molar-refractivity contribution in [3.63, 3.8) is 0 Å². The zero-order valence-electron chi connectivity index (χ0n) is 16.9. The van der Waals surface area contributed by atoms with Crippen molar-refractivity contribution < 1.29 is 18.3 Å². The first kappa shape index (κ1) is 22.3. The minimum absolute atomic E-state index is 0.218. The lowest BCUT2D eigenvalue weighted by molar-refractivity contribution is 0.255. The second kappa shape index (κ2) is 9.60. The average molecular weight is 446 g/mol. The fourth-order valence-corrected chi connectivity index (χ4v) is 3.78. The van der Waals surface area contributed by atoms with Crippen LogP contribution in [0.5, 0.6) is 5.88 Å². The maximum absolute atomic E-state index is 11.8. The monoisotopic (exact) mass is 445 g/mol. The molecule has 0 amide bonds. The molecule has 7 heteroatoms. The van der Waals surface area contributed by atoms with Gasteiger partial charge in [0.2, 0.25) is 5.88 Å². The highest BCUT2D eigenvalue weighted by molar-refractivity contribution is 7.90. The zero-order chi connectivity index (χ0) is 21.7. The van der Waals surface area contributed by atoms with Gasteiger partial charge in [0.25, 0.3) is 0 Å². The lowest BCUT2D eigenvalue weighted by atomic mass is 9.97. The number of aromatic nitrogens is 1. The van der Waals surface area contributed by atoms with Crippen molar-refractivity contribution in [3.8, 4) is 28.3 Å². The van der Waals surface area contributed by atoms with Crippen LogP contribution < -0.4 is 4.74 Å². The maximum Gasteiger partial charge on any atom is 0.219 e. The molecular formula is C23H24ClNO4S. The van der Waals surface area contributed by atoms with Crippen molar-refractivity contribution in [1.82, 2.24) is 4.98 Å². The van der Waals surface area contributed by atoms with Gasteiger partial charge in [0.05, 0.1) is 23.8 Å². The van der Waals surface area contributed by atoms with Crippen molar-refractivity contribution in [1.29, 1.82) is 0 Å². The van der Waals surface area contributed by atoms with Crippen LogP contribution in [0.15, 0.2) is 59.5 Å². The molecule has 0 saturated carbocycles. The summed E-state index contributed by atoms with van der Waals surface area (Å²) < 4.78 is 29.4. The van der Waals surface area contributed by atoms with Crippen LogP contribution in [0.1, 0.15) is 25.3 Å². The molecule has 0 radical (unpaired) electrons. The Hall–Kier alpha value is -2.41. The van der Waals surface area contributed by atoms with E-state index in [2.05, 4.69) is 6.92 Å². The third-order valence-corrected chi connectivity index (χ3v) is 6.06. The molecule has 0 spiro atoms. The molecule has 0 saturated heterocycles. The first-order chi connectivity index (χ1) is 14.3. The highest BCUT2D eigenvalue weighted by Crippen LogP contribution is 2.35. The number of hydrogen-bond acceptors (Lipinski definition) is 5. The number of nitrogens with zero attached hydrogens (tertiary/aromatic N) is 1. The molecule has 0 bridgehead atoms. The summed E-state index contributed by atoms with van der Waals surface area (Å²) in [5.41, 5.74) is 3.64. The van der Waals surface area contributed by atoms with Gasteiger partial charge in [-0.25, -0.2) is 13.4 Å². The average Bonchev–Trinajstić information content (AvgIpc) is 2.73. The quantitative estimate of drug-likeness (QED) is 0.485. The Morgan fingerprint density at radius 3 is 2.23 bits per heavy atom. The molecule has 0 fully saturated rings. The van der Waals surface area contributed by atoms with Gasteiger partial charge in [-0.2, -0.15) is 0 Å². The molecule has 158 valence electrons. The number of halogens is 1. The van der Waals surface area contributed by atoms with E-state index in [4.69, 9.17) is 21.3 Å². The zero-order valence-corrected chi connectivity index (χ0v) is 18.5. The van der Waals surface area contributed by atoms with E-state index in [0.717, 1.165) is 29.5 Å². The molecular weight excluding hydrogens is 422 g/mol. The Bertz CT molecular complexity index is 1110. The minimum Gasteiger partial charge on any atom is -0.477 e. The topological polar surface area (TPSA) is 76.5 Å². The Kier molecular flexibility index (Phi) is 7.13. The number of pyridine rings is 1. The second-order valence-electron chi connectivity index (χ2n) is 7.01. The van der Waals surface area contributed by atoms with Gasteiger partial charge in [0.1, 0.15) is 0 Å². The molecule has 0 atom stereocenters. The Labute approximate surface area is 182 Å². The van der Waals surface area contributed by atoms with Gasteiger partial charge in [-0.1, -0.05) is 49.2 Å². The van der Waals surface area contributed by atoms with Crippen molar-refractivity contribution in [2.45, 2.75) is 31.3 Å². The van der Waals surface area contributed by atoms with E-state index in [1.54, 1.807) is 36.4 Å². The van der Waals surface area contributed by atoms with Crippen molar-refractivity contribution in [3.05, 3.63) is 65.2 Å². The summed E-state index contributed by atoms with van der Waals surface area (Å²) in [7, 11) is -3.29. The van der Waals surface area contributed by atoms with Crippen molar-refractivity contribution in [2.24, 2.45) is 0 Å². The van der Waals surface area contributed by atoms with Crippen LogP contribution in [-0.2, 0) is 16.4 Å². The molecule has 0 aliphatic rings. The molecule has 30 heavy (non-hydrogen) atoms. The van der Waals surface area contributed by atoms with Gasteiger partial charge >= 0.3 is 0 Å². The maximum atomic E-state index is 11.8. The fourth-order valence-electron chi connectivity index (χ4n) is 3.02. The summed E-state index contributed by atoms with van der Waals surface area (Å²) in [5.74, 6) is 0.396. The molecule has 3 aromatic rings. The number of aliphatic hydroxyl groups is 1. The van der Waals surface area contributed by atoms with Gasteiger partial charge in [-0.15, -0.1) is 0 Å². The highest BCUT2D eigenvalue weighted by atomic mass is 35.5. The predicted molar refractivity (Wildman–Crippen MR) is 120 cm³/mol. The molecule has 0 unspecified atom stereocenters.